The van der Waals surface area contributed by atoms with E-state index in [1.165, 1.54) is 32.1 Å². The molecule has 0 unspecified atom stereocenters. The van der Waals surface area contributed by atoms with Gasteiger partial charge in [0.05, 0.1) is 5.56 Å². The van der Waals surface area contributed by atoms with Gasteiger partial charge in [-0.05, 0) is 91.1 Å². The lowest BCUT2D eigenvalue weighted by molar-refractivity contribution is -0.233. The fourth-order valence-corrected chi connectivity index (χ4v) is 11.1. The number of hydrogen-bond acceptors (Lipinski definition) is 4. The third-order valence-electron chi connectivity index (χ3n) is 13.4. The molecule has 0 bridgehead atoms. The van der Waals surface area contributed by atoms with Crippen molar-refractivity contribution in [3.05, 3.63) is 47.0 Å². The number of allylic oxidation sites excluding steroid dienone is 1. The van der Waals surface area contributed by atoms with E-state index in [4.69, 9.17) is 9.47 Å². The Morgan fingerprint density at radius 3 is 2.26 bits per heavy atom. The fourth-order valence-electron chi connectivity index (χ4n) is 11.1. The third kappa shape index (κ3) is 5.41. The molecule has 8 atom stereocenters. The molecule has 4 nitrogen and oxygen atoms in total. The number of ether oxygens (including phenoxy) is 2. The monoisotopic (exact) mass is 590 g/mol. The maximum absolute atomic E-state index is 13.2. The Hall–Kier alpha value is -2.10. The fraction of sp³-hybridized carbons (Fsp3) is 0.744. The summed E-state index contributed by atoms with van der Waals surface area (Å²) >= 11 is 0. The summed E-state index contributed by atoms with van der Waals surface area (Å²) in [5, 5.41) is 0. The van der Waals surface area contributed by atoms with E-state index in [0.29, 0.717) is 17.4 Å². The minimum atomic E-state index is -0.221. The van der Waals surface area contributed by atoms with Gasteiger partial charge in [0, 0.05) is 24.7 Å². The van der Waals surface area contributed by atoms with E-state index in [0.717, 1.165) is 38.0 Å². The van der Waals surface area contributed by atoms with Crippen molar-refractivity contribution in [2.45, 2.75) is 139 Å². The van der Waals surface area contributed by atoms with E-state index >= 15 is 0 Å². The molecule has 0 amide bonds. The van der Waals surface area contributed by atoms with E-state index in [9.17, 15) is 9.59 Å². The first-order chi connectivity index (χ1) is 20.1. The van der Waals surface area contributed by atoms with Gasteiger partial charge in [-0.25, -0.2) is 4.79 Å². The largest absolute Gasteiger partial charge is 0.462 e. The zero-order valence-electron chi connectivity index (χ0n) is 28.6. The number of hydrogen-bond donors (Lipinski definition) is 0. The van der Waals surface area contributed by atoms with Crippen LogP contribution in [0.15, 0.2) is 41.5 Å². The van der Waals surface area contributed by atoms with E-state index in [-0.39, 0.29) is 51.7 Å². The molecule has 0 aromatic heterocycles. The SMILES string of the molecule is CC(=O)O[C@@H]1CC2=C([C@H](C)CCCC(C)C)CC[C@]2(C)[C@@]2(C)CC[C@H]3C(C)(C)[C@@H](OC(=O)c4ccccc4)CC[C@]3(C)[C@H]12. The van der Waals surface area contributed by atoms with Crippen LogP contribution in [-0.2, 0) is 14.3 Å². The van der Waals surface area contributed by atoms with Gasteiger partial charge < -0.3 is 9.47 Å². The van der Waals surface area contributed by atoms with Gasteiger partial charge in [0.15, 0.2) is 0 Å². The lowest BCUT2D eigenvalue weighted by Gasteiger charge is -2.70. The van der Waals surface area contributed by atoms with Gasteiger partial charge in [0.2, 0.25) is 0 Å². The molecule has 0 N–H and O–H groups in total. The average molecular weight is 591 g/mol. The van der Waals surface area contributed by atoms with Crippen molar-refractivity contribution in [1.29, 1.82) is 0 Å². The van der Waals surface area contributed by atoms with E-state index in [2.05, 4.69) is 55.4 Å². The Kier molecular flexibility index (Phi) is 8.77. The molecule has 4 aliphatic carbocycles. The number of benzene rings is 1. The molecule has 1 aromatic carbocycles. The number of carbonyl (C=O) groups is 2. The highest BCUT2D eigenvalue weighted by atomic mass is 16.5. The quantitative estimate of drug-likeness (QED) is 0.223. The maximum atomic E-state index is 13.2. The van der Waals surface area contributed by atoms with Gasteiger partial charge in [0.1, 0.15) is 12.2 Å². The summed E-state index contributed by atoms with van der Waals surface area (Å²) in [5.74, 6) is 1.62. The summed E-state index contributed by atoms with van der Waals surface area (Å²) in [6.07, 6.45) is 10.9. The first-order valence-electron chi connectivity index (χ1n) is 17.3. The molecule has 0 saturated heterocycles. The number of rotatable bonds is 8. The van der Waals surface area contributed by atoms with Gasteiger partial charge in [-0.3, -0.25) is 4.79 Å². The Morgan fingerprint density at radius 1 is 0.907 bits per heavy atom. The van der Waals surface area contributed by atoms with Crippen molar-refractivity contribution >= 4 is 11.9 Å². The van der Waals surface area contributed by atoms with Crippen molar-refractivity contribution in [2.75, 3.05) is 0 Å². The van der Waals surface area contributed by atoms with Crippen LogP contribution < -0.4 is 0 Å². The van der Waals surface area contributed by atoms with Crippen molar-refractivity contribution in [3.63, 3.8) is 0 Å². The molecule has 43 heavy (non-hydrogen) atoms. The number of fused-ring (bicyclic) bond motifs is 5. The Morgan fingerprint density at radius 2 is 1.60 bits per heavy atom. The molecular formula is C39H58O4. The van der Waals surface area contributed by atoms with Crippen molar-refractivity contribution in [3.8, 4) is 0 Å². The summed E-state index contributed by atoms with van der Waals surface area (Å²) in [6, 6.07) is 9.39. The highest BCUT2D eigenvalue weighted by molar-refractivity contribution is 5.89. The van der Waals surface area contributed by atoms with Crippen LogP contribution in [-0.4, -0.2) is 24.1 Å². The smallest absolute Gasteiger partial charge is 0.338 e. The summed E-state index contributed by atoms with van der Waals surface area (Å²) in [7, 11) is 0. The summed E-state index contributed by atoms with van der Waals surface area (Å²) in [6.45, 7) is 20.9. The summed E-state index contributed by atoms with van der Waals surface area (Å²) in [4.78, 5) is 25.8. The molecule has 0 aliphatic heterocycles. The van der Waals surface area contributed by atoms with Crippen LogP contribution in [0, 0.1) is 45.3 Å². The number of carbonyl (C=O) groups excluding carboxylic acids is 2. The van der Waals surface area contributed by atoms with E-state index in [1.807, 2.05) is 30.3 Å². The molecule has 3 fully saturated rings. The van der Waals surface area contributed by atoms with E-state index < -0.39 is 0 Å². The molecule has 1 aromatic rings. The molecule has 0 heterocycles. The molecule has 4 aliphatic rings. The second-order valence-electron chi connectivity index (χ2n) is 16.5. The van der Waals surface area contributed by atoms with Crippen molar-refractivity contribution in [2.24, 2.45) is 45.3 Å². The Balaban J connectivity index is 1.47. The minimum Gasteiger partial charge on any atom is -0.462 e. The maximum Gasteiger partial charge on any atom is 0.338 e. The lowest BCUT2D eigenvalue weighted by Crippen LogP contribution is -2.66. The van der Waals surface area contributed by atoms with Crippen molar-refractivity contribution < 1.29 is 19.1 Å². The standard InChI is InChI=1S/C39H58O4/c1-25(2)14-13-15-26(3)29-18-22-38(8)30(29)24-31(42-27(4)40)34-37(7)21-20-33(43-35(41)28-16-11-10-12-17-28)36(5,6)32(37)19-23-39(34,38)9/h10-12,16-17,25-26,31-34H,13-15,18-24H2,1-9H3/t26-,31-,32+,33+,34+,37+,38+,39+/m1/s1. The number of esters is 2. The molecule has 0 spiro atoms. The zero-order chi connectivity index (χ0) is 31.4. The third-order valence-corrected chi connectivity index (χ3v) is 13.4. The van der Waals surface area contributed by atoms with Crippen LogP contribution in [0.4, 0.5) is 0 Å². The topological polar surface area (TPSA) is 52.6 Å². The predicted octanol–water partition coefficient (Wildman–Crippen LogP) is 9.97. The lowest BCUT2D eigenvalue weighted by atomic mass is 9.35. The van der Waals surface area contributed by atoms with Gasteiger partial charge in [-0.15, -0.1) is 0 Å². The van der Waals surface area contributed by atoms with Crippen LogP contribution in [0.3, 0.4) is 0 Å². The zero-order valence-corrected chi connectivity index (χ0v) is 28.6. The van der Waals surface area contributed by atoms with Crippen LogP contribution in [0.2, 0.25) is 0 Å². The van der Waals surface area contributed by atoms with Gasteiger partial charge in [-0.2, -0.15) is 0 Å². The molecule has 5 rings (SSSR count). The average Bonchev–Trinajstić information content (AvgIpc) is 3.28. The molecule has 3 saturated carbocycles. The molecule has 4 heteroatoms. The Bertz CT molecular complexity index is 1230. The highest BCUT2D eigenvalue weighted by Crippen LogP contribution is 2.75. The van der Waals surface area contributed by atoms with Gasteiger partial charge >= 0.3 is 11.9 Å². The molecule has 0 radical (unpaired) electrons. The molecular weight excluding hydrogens is 532 g/mol. The summed E-state index contributed by atoms with van der Waals surface area (Å²) in [5.41, 5.74) is 3.91. The Labute approximate surface area is 261 Å². The van der Waals surface area contributed by atoms with E-state index in [1.54, 1.807) is 18.1 Å². The first-order valence-corrected chi connectivity index (χ1v) is 17.3. The second-order valence-corrected chi connectivity index (χ2v) is 16.5. The second kappa shape index (κ2) is 11.7. The highest BCUT2D eigenvalue weighted by Gasteiger charge is 2.70. The van der Waals surface area contributed by atoms with Crippen LogP contribution >= 0.6 is 0 Å². The predicted molar refractivity (Wildman–Crippen MR) is 173 cm³/mol. The summed E-state index contributed by atoms with van der Waals surface area (Å²) < 4.78 is 12.7. The molecule has 238 valence electrons. The van der Waals surface area contributed by atoms with Gasteiger partial charge in [-0.1, -0.05) is 97.6 Å². The van der Waals surface area contributed by atoms with Crippen LogP contribution in [0.1, 0.15) is 137 Å². The van der Waals surface area contributed by atoms with Gasteiger partial charge in [0.25, 0.3) is 0 Å². The first kappa shape index (κ1) is 32.3. The van der Waals surface area contributed by atoms with Crippen molar-refractivity contribution in [1.82, 2.24) is 0 Å². The minimum absolute atomic E-state index is 0.00750. The van der Waals surface area contributed by atoms with Crippen LogP contribution in [0.5, 0.6) is 0 Å². The van der Waals surface area contributed by atoms with Crippen LogP contribution in [0.25, 0.3) is 0 Å². The normalized spacial score (nSPS) is 37.3.